The van der Waals surface area contributed by atoms with Crippen LogP contribution in [-0.4, -0.2) is 12.1 Å². The molecular formula is C12H9ClN2OS. The first-order valence-corrected chi connectivity index (χ1v) is 6.14. The van der Waals surface area contributed by atoms with E-state index in [1.165, 1.54) is 11.3 Å². The van der Waals surface area contributed by atoms with Gasteiger partial charge in [-0.25, -0.2) is 5.43 Å². The van der Waals surface area contributed by atoms with Gasteiger partial charge < -0.3 is 0 Å². The van der Waals surface area contributed by atoms with Crippen LogP contribution in [0.2, 0.25) is 5.02 Å². The smallest absolute Gasteiger partial charge is 0.266 e. The van der Waals surface area contributed by atoms with Gasteiger partial charge in [-0.2, -0.15) is 5.10 Å². The highest BCUT2D eigenvalue weighted by Crippen LogP contribution is 2.08. The number of nitrogens with one attached hydrogen (secondary N) is 1. The Labute approximate surface area is 108 Å². The molecule has 0 bridgehead atoms. The summed E-state index contributed by atoms with van der Waals surface area (Å²) in [5, 5.41) is 6.38. The molecule has 0 spiro atoms. The topological polar surface area (TPSA) is 41.5 Å². The molecule has 0 unspecified atom stereocenters. The molecule has 17 heavy (non-hydrogen) atoms. The van der Waals surface area contributed by atoms with Crippen LogP contribution in [0.4, 0.5) is 0 Å². The van der Waals surface area contributed by atoms with Crippen molar-refractivity contribution in [2.24, 2.45) is 5.10 Å². The number of carbonyl (C=O) groups is 1. The van der Waals surface area contributed by atoms with Crippen molar-refractivity contribution in [1.82, 2.24) is 5.43 Å². The first kappa shape index (κ1) is 11.8. The molecule has 0 aliphatic carbocycles. The van der Waals surface area contributed by atoms with E-state index in [4.69, 9.17) is 11.6 Å². The molecule has 1 N–H and O–H groups in total. The van der Waals surface area contributed by atoms with Crippen LogP contribution in [0.1, 0.15) is 15.2 Å². The van der Waals surface area contributed by atoms with E-state index in [0.717, 1.165) is 5.56 Å². The number of hydrogen-bond donors (Lipinski definition) is 1. The highest BCUT2D eigenvalue weighted by molar-refractivity contribution is 7.12. The fraction of sp³-hybridized carbons (Fsp3) is 0. The third kappa shape index (κ3) is 3.41. The number of benzene rings is 1. The monoisotopic (exact) mass is 264 g/mol. The Bertz CT molecular complexity index is 520. The van der Waals surface area contributed by atoms with E-state index in [-0.39, 0.29) is 5.91 Å². The number of amides is 1. The van der Waals surface area contributed by atoms with Crippen LogP contribution in [0.5, 0.6) is 0 Å². The van der Waals surface area contributed by atoms with Crippen molar-refractivity contribution >= 4 is 35.1 Å². The van der Waals surface area contributed by atoms with Crippen LogP contribution in [-0.2, 0) is 0 Å². The number of carbonyl (C=O) groups excluding carboxylic acids is 1. The van der Waals surface area contributed by atoms with Crippen LogP contribution in [0, 0.1) is 0 Å². The Kier molecular flexibility index (Phi) is 3.90. The van der Waals surface area contributed by atoms with Crippen molar-refractivity contribution in [2.75, 3.05) is 0 Å². The molecule has 5 heteroatoms. The zero-order chi connectivity index (χ0) is 12.1. The van der Waals surface area contributed by atoms with Crippen molar-refractivity contribution in [3.63, 3.8) is 0 Å². The molecular weight excluding hydrogens is 256 g/mol. The molecule has 0 aliphatic rings. The molecule has 1 aromatic carbocycles. The summed E-state index contributed by atoms with van der Waals surface area (Å²) in [6, 6.07) is 10.8. The lowest BCUT2D eigenvalue weighted by Crippen LogP contribution is -2.16. The molecule has 0 aliphatic heterocycles. The Morgan fingerprint density at radius 3 is 2.71 bits per heavy atom. The number of hydrogen-bond acceptors (Lipinski definition) is 3. The summed E-state index contributed by atoms with van der Waals surface area (Å²) in [4.78, 5) is 12.2. The SMILES string of the molecule is O=C(N/N=C\c1ccc(Cl)cc1)c1cccs1. The minimum atomic E-state index is -0.204. The molecule has 3 nitrogen and oxygen atoms in total. The van der Waals surface area contributed by atoms with Gasteiger partial charge in [-0.15, -0.1) is 11.3 Å². The third-order valence-corrected chi connectivity index (χ3v) is 3.12. The van der Waals surface area contributed by atoms with Crippen LogP contribution in [0.3, 0.4) is 0 Å². The van der Waals surface area contributed by atoms with E-state index in [9.17, 15) is 4.79 Å². The van der Waals surface area contributed by atoms with Crippen LogP contribution < -0.4 is 5.43 Å². The number of rotatable bonds is 3. The third-order valence-electron chi connectivity index (χ3n) is 1.99. The normalized spacial score (nSPS) is 10.6. The first-order chi connectivity index (χ1) is 8.25. The predicted molar refractivity (Wildman–Crippen MR) is 70.8 cm³/mol. The molecule has 1 aromatic heterocycles. The molecule has 0 atom stereocenters. The summed E-state index contributed by atoms with van der Waals surface area (Å²) < 4.78 is 0. The first-order valence-electron chi connectivity index (χ1n) is 4.88. The van der Waals surface area contributed by atoms with Gasteiger partial charge in [0, 0.05) is 5.02 Å². The summed E-state index contributed by atoms with van der Waals surface area (Å²) in [7, 11) is 0. The standard InChI is InChI=1S/C12H9ClN2OS/c13-10-5-3-9(4-6-10)8-14-15-12(16)11-2-1-7-17-11/h1-8H,(H,15,16)/b14-8-. The molecule has 0 radical (unpaired) electrons. The second kappa shape index (κ2) is 5.61. The molecule has 2 aromatic rings. The van der Waals surface area contributed by atoms with Crippen molar-refractivity contribution in [3.05, 3.63) is 57.2 Å². The zero-order valence-electron chi connectivity index (χ0n) is 8.76. The average Bonchev–Trinajstić information content (AvgIpc) is 2.85. The van der Waals surface area contributed by atoms with Gasteiger partial charge in [0.25, 0.3) is 5.91 Å². The van der Waals surface area contributed by atoms with Crippen molar-refractivity contribution in [3.8, 4) is 0 Å². The Hall–Kier alpha value is -1.65. The molecule has 0 fully saturated rings. The van der Waals surface area contributed by atoms with Crippen LogP contribution >= 0.6 is 22.9 Å². The van der Waals surface area contributed by atoms with E-state index in [1.807, 2.05) is 23.6 Å². The molecule has 86 valence electrons. The summed E-state index contributed by atoms with van der Waals surface area (Å²) >= 11 is 7.13. The zero-order valence-corrected chi connectivity index (χ0v) is 10.3. The van der Waals surface area contributed by atoms with Crippen molar-refractivity contribution in [2.45, 2.75) is 0 Å². The lowest BCUT2D eigenvalue weighted by atomic mass is 10.2. The second-order valence-corrected chi connectivity index (χ2v) is 4.61. The van der Waals surface area contributed by atoms with Gasteiger partial charge in [-0.3, -0.25) is 4.79 Å². The van der Waals surface area contributed by atoms with E-state index in [1.54, 1.807) is 24.4 Å². The fourth-order valence-corrected chi connectivity index (χ4v) is 1.92. The fourth-order valence-electron chi connectivity index (χ4n) is 1.18. The molecule has 1 amide bonds. The highest BCUT2D eigenvalue weighted by atomic mass is 35.5. The molecule has 0 saturated carbocycles. The van der Waals surface area contributed by atoms with E-state index in [2.05, 4.69) is 10.5 Å². The number of hydrazone groups is 1. The molecule has 0 saturated heterocycles. The summed E-state index contributed by atoms with van der Waals surface area (Å²) in [6.45, 7) is 0. The van der Waals surface area contributed by atoms with Gasteiger partial charge in [-0.1, -0.05) is 29.8 Å². The van der Waals surface area contributed by atoms with Gasteiger partial charge in [0.15, 0.2) is 0 Å². The van der Waals surface area contributed by atoms with Crippen LogP contribution in [0.25, 0.3) is 0 Å². The van der Waals surface area contributed by atoms with Gasteiger partial charge in [-0.05, 0) is 29.1 Å². The predicted octanol–water partition coefficient (Wildman–Crippen LogP) is 3.17. The maximum atomic E-state index is 11.5. The minimum Gasteiger partial charge on any atom is -0.266 e. The molecule has 2 rings (SSSR count). The number of halogens is 1. The van der Waals surface area contributed by atoms with Gasteiger partial charge in [0.1, 0.15) is 0 Å². The van der Waals surface area contributed by atoms with Crippen LogP contribution in [0.15, 0.2) is 46.9 Å². The Balaban J connectivity index is 1.94. The van der Waals surface area contributed by atoms with E-state index >= 15 is 0 Å². The van der Waals surface area contributed by atoms with Crippen molar-refractivity contribution in [1.29, 1.82) is 0 Å². The quantitative estimate of drug-likeness (QED) is 0.671. The average molecular weight is 265 g/mol. The summed E-state index contributed by atoms with van der Waals surface area (Å²) in [5.74, 6) is -0.204. The Morgan fingerprint density at radius 1 is 1.29 bits per heavy atom. The summed E-state index contributed by atoms with van der Waals surface area (Å²) in [6.07, 6.45) is 1.57. The van der Waals surface area contributed by atoms with Gasteiger partial charge in [0.05, 0.1) is 11.1 Å². The van der Waals surface area contributed by atoms with E-state index < -0.39 is 0 Å². The van der Waals surface area contributed by atoms with E-state index in [0.29, 0.717) is 9.90 Å². The maximum absolute atomic E-state index is 11.5. The largest absolute Gasteiger partial charge is 0.281 e. The number of thiophene rings is 1. The van der Waals surface area contributed by atoms with Gasteiger partial charge in [0.2, 0.25) is 0 Å². The summed E-state index contributed by atoms with van der Waals surface area (Å²) in [5.41, 5.74) is 3.33. The van der Waals surface area contributed by atoms with Gasteiger partial charge >= 0.3 is 0 Å². The van der Waals surface area contributed by atoms with Crippen molar-refractivity contribution < 1.29 is 4.79 Å². The highest BCUT2D eigenvalue weighted by Gasteiger charge is 2.03. The minimum absolute atomic E-state index is 0.204. The molecule has 1 heterocycles. The lowest BCUT2D eigenvalue weighted by molar-refractivity contribution is 0.0959. The second-order valence-electron chi connectivity index (χ2n) is 3.23. The Morgan fingerprint density at radius 2 is 2.06 bits per heavy atom. The number of nitrogens with zero attached hydrogens (tertiary/aromatic N) is 1. The maximum Gasteiger partial charge on any atom is 0.281 e. The lowest BCUT2D eigenvalue weighted by Gasteiger charge is -1.96.